The monoisotopic (exact) mass is 259 g/mol. The number of amides is 1. The number of hydrogen-bond acceptors (Lipinski definition) is 3. The van der Waals surface area contributed by atoms with E-state index in [2.05, 4.69) is 4.90 Å². The second-order valence-electron chi connectivity index (χ2n) is 5.60. The molecule has 4 nitrogen and oxygen atoms in total. The van der Waals surface area contributed by atoms with Crippen molar-refractivity contribution in [2.75, 3.05) is 31.9 Å². The molecule has 1 saturated heterocycles. The molecule has 1 saturated carbocycles. The second kappa shape index (κ2) is 4.85. The first kappa shape index (κ1) is 12.5. The molecule has 0 radical (unpaired) electrons. The number of carbonyl (C=O) groups is 1. The number of benzene rings is 1. The minimum Gasteiger partial charge on any atom is -0.398 e. The smallest absolute Gasteiger partial charge is 0.256 e. The molecule has 3 rings (SSSR count). The van der Waals surface area contributed by atoms with Crippen molar-refractivity contribution in [3.8, 4) is 0 Å². The Morgan fingerprint density at radius 2 is 1.89 bits per heavy atom. The lowest BCUT2D eigenvalue weighted by molar-refractivity contribution is 0.0627. The summed E-state index contributed by atoms with van der Waals surface area (Å²) in [5, 5.41) is 0. The number of carbonyl (C=O) groups excluding carboxylic acids is 1. The summed E-state index contributed by atoms with van der Waals surface area (Å²) in [7, 11) is 0. The molecular weight excluding hydrogens is 238 g/mol. The van der Waals surface area contributed by atoms with Crippen molar-refractivity contribution in [2.24, 2.45) is 0 Å². The molecule has 102 valence electrons. The third kappa shape index (κ3) is 2.45. The largest absolute Gasteiger partial charge is 0.398 e. The molecule has 0 spiro atoms. The third-order valence-electron chi connectivity index (χ3n) is 4.18. The van der Waals surface area contributed by atoms with Gasteiger partial charge in [0, 0.05) is 37.9 Å². The van der Waals surface area contributed by atoms with Gasteiger partial charge in [0.25, 0.3) is 5.91 Å². The number of nitrogen functional groups attached to an aromatic ring is 1. The molecule has 4 heteroatoms. The topological polar surface area (TPSA) is 49.6 Å². The van der Waals surface area contributed by atoms with Crippen molar-refractivity contribution < 1.29 is 4.79 Å². The van der Waals surface area contributed by atoms with Crippen molar-refractivity contribution >= 4 is 11.6 Å². The summed E-state index contributed by atoms with van der Waals surface area (Å²) in [5.41, 5.74) is 8.20. The van der Waals surface area contributed by atoms with E-state index in [0.29, 0.717) is 11.3 Å². The lowest BCUT2D eigenvalue weighted by Crippen LogP contribution is -2.49. The summed E-state index contributed by atoms with van der Waals surface area (Å²) in [6, 6.07) is 6.44. The zero-order chi connectivity index (χ0) is 13.4. The molecule has 0 atom stereocenters. The average Bonchev–Trinajstić information content (AvgIpc) is 3.23. The molecule has 1 aliphatic carbocycles. The Morgan fingerprint density at radius 3 is 2.47 bits per heavy atom. The summed E-state index contributed by atoms with van der Waals surface area (Å²) < 4.78 is 0. The van der Waals surface area contributed by atoms with E-state index in [1.54, 1.807) is 6.07 Å². The van der Waals surface area contributed by atoms with Gasteiger partial charge in [-0.05, 0) is 31.4 Å². The Kier molecular flexibility index (Phi) is 3.19. The van der Waals surface area contributed by atoms with Gasteiger partial charge in [0.15, 0.2) is 0 Å². The van der Waals surface area contributed by atoms with E-state index in [-0.39, 0.29) is 5.91 Å². The fourth-order valence-corrected chi connectivity index (χ4v) is 2.87. The standard InChI is InChI=1S/C15H21N3O/c1-11-3-2-4-13(16)14(11)15(19)18-9-7-17(8-10-18)12-5-6-12/h2-4,12H,5-10,16H2,1H3. The highest BCUT2D eigenvalue weighted by Gasteiger charge is 2.32. The van der Waals surface area contributed by atoms with Gasteiger partial charge in [-0.1, -0.05) is 12.1 Å². The van der Waals surface area contributed by atoms with E-state index in [9.17, 15) is 4.79 Å². The van der Waals surface area contributed by atoms with Crippen LogP contribution in [0.4, 0.5) is 5.69 Å². The number of hydrogen-bond donors (Lipinski definition) is 1. The minimum atomic E-state index is 0.0889. The predicted molar refractivity (Wildman–Crippen MR) is 76.1 cm³/mol. The molecule has 2 fully saturated rings. The van der Waals surface area contributed by atoms with Crippen LogP contribution in [0.3, 0.4) is 0 Å². The van der Waals surface area contributed by atoms with Crippen LogP contribution in [0.5, 0.6) is 0 Å². The number of piperazine rings is 1. The lowest BCUT2D eigenvalue weighted by Gasteiger charge is -2.35. The predicted octanol–water partition coefficient (Wildman–Crippen LogP) is 1.50. The van der Waals surface area contributed by atoms with Crippen molar-refractivity contribution in [1.29, 1.82) is 0 Å². The molecule has 19 heavy (non-hydrogen) atoms. The molecule has 1 aromatic carbocycles. The SMILES string of the molecule is Cc1cccc(N)c1C(=O)N1CCN(C2CC2)CC1. The summed E-state index contributed by atoms with van der Waals surface area (Å²) >= 11 is 0. The van der Waals surface area contributed by atoms with Crippen LogP contribution in [-0.2, 0) is 0 Å². The highest BCUT2D eigenvalue weighted by molar-refractivity contribution is 6.00. The van der Waals surface area contributed by atoms with Crippen LogP contribution in [0.15, 0.2) is 18.2 Å². The second-order valence-corrected chi connectivity index (χ2v) is 5.60. The van der Waals surface area contributed by atoms with E-state index < -0.39 is 0 Å². The fourth-order valence-electron chi connectivity index (χ4n) is 2.87. The molecular formula is C15H21N3O. The van der Waals surface area contributed by atoms with Crippen LogP contribution >= 0.6 is 0 Å². The zero-order valence-corrected chi connectivity index (χ0v) is 11.4. The summed E-state index contributed by atoms with van der Waals surface area (Å²) in [5.74, 6) is 0.0889. The third-order valence-corrected chi connectivity index (χ3v) is 4.18. The average molecular weight is 259 g/mol. The maximum atomic E-state index is 12.6. The first-order valence-corrected chi connectivity index (χ1v) is 7.05. The lowest BCUT2D eigenvalue weighted by atomic mass is 10.0. The molecule has 0 unspecified atom stereocenters. The summed E-state index contributed by atoms with van der Waals surface area (Å²) in [6.07, 6.45) is 2.66. The number of aryl methyl sites for hydroxylation is 1. The Hall–Kier alpha value is -1.55. The van der Waals surface area contributed by atoms with Crippen LogP contribution in [-0.4, -0.2) is 47.9 Å². The van der Waals surface area contributed by atoms with Crippen molar-refractivity contribution in [1.82, 2.24) is 9.80 Å². The first-order valence-electron chi connectivity index (χ1n) is 7.05. The number of rotatable bonds is 2. The maximum Gasteiger partial charge on any atom is 0.256 e. The molecule has 1 aromatic rings. The van der Waals surface area contributed by atoms with Crippen molar-refractivity contribution in [3.63, 3.8) is 0 Å². The van der Waals surface area contributed by atoms with Gasteiger partial charge in [0.05, 0.1) is 5.56 Å². The van der Waals surface area contributed by atoms with Crippen LogP contribution in [0, 0.1) is 6.92 Å². The van der Waals surface area contributed by atoms with Crippen LogP contribution < -0.4 is 5.73 Å². The van der Waals surface area contributed by atoms with Gasteiger partial charge in [0.2, 0.25) is 0 Å². The maximum absolute atomic E-state index is 12.6. The van der Waals surface area contributed by atoms with E-state index in [0.717, 1.165) is 37.8 Å². The van der Waals surface area contributed by atoms with Gasteiger partial charge >= 0.3 is 0 Å². The zero-order valence-electron chi connectivity index (χ0n) is 11.4. The highest BCUT2D eigenvalue weighted by atomic mass is 16.2. The number of nitrogens with zero attached hydrogens (tertiary/aromatic N) is 2. The van der Waals surface area contributed by atoms with Crippen LogP contribution in [0.1, 0.15) is 28.8 Å². The fraction of sp³-hybridized carbons (Fsp3) is 0.533. The van der Waals surface area contributed by atoms with Crippen LogP contribution in [0.25, 0.3) is 0 Å². The first-order chi connectivity index (χ1) is 9.16. The molecule has 1 amide bonds. The van der Waals surface area contributed by atoms with Gasteiger partial charge in [-0.2, -0.15) is 0 Å². The Morgan fingerprint density at radius 1 is 1.21 bits per heavy atom. The van der Waals surface area contributed by atoms with Crippen LogP contribution in [0.2, 0.25) is 0 Å². The normalized spacial score (nSPS) is 20.6. The van der Waals surface area contributed by atoms with E-state index >= 15 is 0 Å². The molecule has 2 N–H and O–H groups in total. The van der Waals surface area contributed by atoms with Gasteiger partial charge in [-0.25, -0.2) is 0 Å². The summed E-state index contributed by atoms with van der Waals surface area (Å²) in [4.78, 5) is 17.0. The Labute approximate surface area is 114 Å². The Bertz CT molecular complexity index is 468. The van der Waals surface area contributed by atoms with Gasteiger partial charge in [0.1, 0.15) is 0 Å². The molecule has 1 heterocycles. The van der Waals surface area contributed by atoms with Crippen molar-refractivity contribution in [2.45, 2.75) is 25.8 Å². The quantitative estimate of drug-likeness (QED) is 0.819. The number of anilines is 1. The molecule has 2 aliphatic rings. The highest BCUT2D eigenvalue weighted by Crippen LogP contribution is 2.28. The Balaban J connectivity index is 1.70. The van der Waals surface area contributed by atoms with E-state index in [1.165, 1.54) is 12.8 Å². The van der Waals surface area contributed by atoms with Gasteiger partial charge in [-0.3, -0.25) is 9.69 Å². The van der Waals surface area contributed by atoms with Crippen molar-refractivity contribution in [3.05, 3.63) is 29.3 Å². The number of nitrogens with two attached hydrogens (primary N) is 1. The summed E-state index contributed by atoms with van der Waals surface area (Å²) in [6.45, 7) is 5.60. The van der Waals surface area contributed by atoms with E-state index in [1.807, 2.05) is 24.0 Å². The van der Waals surface area contributed by atoms with Gasteiger partial charge in [-0.15, -0.1) is 0 Å². The molecule has 0 aromatic heterocycles. The molecule has 1 aliphatic heterocycles. The minimum absolute atomic E-state index is 0.0889. The van der Waals surface area contributed by atoms with Gasteiger partial charge < -0.3 is 10.6 Å². The molecule has 0 bridgehead atoms. The van der Waals surface area contributed by atoms with E-state index in [4.69, 9.17) is 5.73 Å².